The lowest BCUT2D eigenvalue weighted by Gasteiger charge is -2.34. The highest BCUT2D eigenvalue weighted by Crippen LogP contribution is 2.27. The van der Waals surface area contributed by atoms with Gasteiger partial charge in [0, 0.05) is 23.2 Å². The van der Waals surface area contributed by atoms with Gasteiger partial charge in [0.2, 0.25) is 10.0 Å². The topological polar surface area (TPSA) is 81.4 Å². The van der Waals surface area contributed by atoms with E-state index >= 15 is 0 Å². The predicted octanol–water partition coefficient (Wildman–Crippen LogP) is 1.88. The summed E-state index contributed by atoms with van der Waals surface area (Å²) in [4.78, 5) is 0.106. The third-order valence-electron chi connectivity index (χ3n) is 3.24. The molecule has 0 radical (unpaired) electrons. The van der Waals surface area contributed by atoms with Crippen molar-refractivity contribution < 1.29 is 13.2 Å². The van der Waals surface area contributed by atoms with E-state index in [0.29, 0.717) is 30.5 Å². The zero-order valence-electron chi connectivity index (χ0n) is 10.6. The zero-order valence-corrected chi connectivity index (χ0v) is 13.1. The maximum absolute atomic E-state index is 12.4. The summed E-state index contributed by atoms with van der Waals surface area (Å²) in [5, 5.41) is 0. The second-order valence-electron chi connectivity index (χ2n) is 4.96. The highest BCUT2D eigenvalue weighted by Gasteiger charge is 2.33. The van der Waals surface area contributed by atoms with E-state index in [0.717, 1.165) is 0 Å². The van der Waals surface area contributed by atoms with Crippen LogP contribution in [0.25, 0.3) is 0 Å². The van der Waals surface area contributed by atoms with Crippen LogP contribution in [0.1, 0.15) is 19.8 Å². The lowest BCUT2D eigenvalue weighted by molar-refractivity contribution is 0.0537. The second kappa shape index (κ2) is 5.40. The van der Waals surface area contributed by atoms with Crippen LogP contribution in [0.15, 0.2) is 27.6 Å². The van der Waals surface area contributed by atoms with Crippen LogP contribution in [0.2, 0.25) is 0 Å². The maximum atomic E-state index is 12.4. The van der Waals surface area contributed by atoms with E-state index in [1.54, 1.807) is 12.1 Å². The molecule has 1 heterocycles. The van der Waals surface area contributed by atoms with Gasteiger partial charge >= 0.3 is 0 Å². The molecule has 0 spiro atoms. The Kier molecular flexibility index (Phi) is 4.20. The Morgan fingerprint density at radius 2 is 2.00 bits per heavy atom. The van der Waals surface area contributed by atoms with Gasteiger partial charge < -0.3 is 10.5 Å². The molecule has 7 heteroatoms. The summed E-state index contributed by atoms with van der Waals surface area (Å²) in [5.74, 6) is 0. The van der Waals surface area contributed by atoms with Crippen LogP contribution in [-0.2, 0) is 14.8 Å². The molecule has 0 bridgehead atoms. The molecule has 1 aliphatic heterocycles. The number of nitrogens with two attached hydrogens (primary N) is 1. The summed E-state index contributed by atoms with van der Waals surface area (Å²) < 4.78 is 33.5. The highest BCUT2D eigenvalue weighted by atomic mass is 79.9. The third-order valence-corrected chi connectivity index (χ3v) is 5.43. The first-order chi connectivity index (χ1) is 8.82. The first-order valence-corrected chi connectivity index (χ1v) is 8.27. The van der Waals surface area contributed by atoms with Crippen LogP contribution in [0.5, 0.6) is 0 Å². The molecule has 1 aromatic rings. The van der Waals surface area contributed by atoms with Gasteiger partial charge in [0.15, 0.2) is 0 Å². The molecule has 106 valence electrons. The van der Waals surface area contributed by atoms with Crippen molar-refractivity contribution in [1.82, 2.24) is 4.72 Å². The molecule has 0 atom stereocenters. The van der Waals surface area contributed by atoms with E-state index in [9.17, 15) is 8.42 Å². The number of sulfonamides is 1. The van der Waals surface area contributed by atoms with E-state index in [4.69, 9.17) is 10.5 Å². The molecule has 0 aliphatic carbocycles. The van der Waals surface area contributed by atoms with Crippen LogP contribution < -0.4 is 10.5 Å². The Morgan fingerprint density at radius 1 is 1.37 bits per heavy atom. The lowest BCUT2D eigenvalue weighted by atomic mass is 9.94. The van der Waals surface area contributed by atoms with Crippen LogP contribution in [0.4, 0.5) is 5.69 Å². The molecule has 0 aromatic heterocycles. The number of nitrogens with one attached hydrogen (secondary N) is 1. The number of ether oxygens (including phenoxy) is 1. The van der Waals surface area contributed by atoms with Gasteiger partial charge in [0.25, 0.3) is 0 Å². The minimum absolute atomic E-state index is 0.106. The van der Waals surface area contributed by atoms with E-state index in [-0.39, 0.29) is 10.6 Å². The second-order valence-corrected chi connectivity index (χ2v) is 7.53. The molecule has 0 amide bonds. The molecular formula is C12H17BrN2O3S. The van der Waals surface area contributed by atoms with Gasteiger partial charge in [-0.15, -0.1) is 0 Å². The van der Waals surface area contributed by atoms with Crippen molar-refractivity contribution in [2.75, 3.05) is 18.9 Å². The Morgan fingerprint density at radius 3 is 2.63 bits per heavy atom. The monoisotopic (exact) mass is 348 g/mol. The number of anilines is 1. The SMILES string of the molecule is CC1(NS(=O)(=O)c2cc(Br)ccc2N)CCOCC1. The number of hydrogen-bond donors (Lipinski definition) is 2. The average Bonchev–Trinajstić information content (AvgIpc) is 2.31. The minimum Gasteiger partial charge on any atom is -0.398 e. The van der Waals surface area contributed by atoms with Crippen LogP contribution in [-0.4, -0.2) is 27.2 Å². The third kappa shape index (κ3) is 3.47. The molecule has 0 saturated carbocycles. The largest absolute Gasteiger partial charge is 0.398 e. The van der Waals surface area contributed by atoms with Crippen molar-refractivity contribution in [1.29, 1.82) is 0 Å². The van der Waals surface area contributed by atoms with E-state index in [2.05, 4.69) is 20.7 Å². The average molecular weight is 349 g/mol. The predicted molar refractivity (Wildman–Crippen MR) is 77.3 cm³/mol. The van der Waals surface area contributed by atoms with E-state index in [1.807, 2.05) is 6.92 Å². The minimum atomic E-state index is -3.63. The zero-order chi connectivity index (χ0) is 14.1. The number of benzene rings is 1. The summed E-state index contributed by atoms with van der Waals surface area (Å²) in [6.45, 7) is 3.02. The van der Waals surface area contributed by atoms with Crippen molar-refractivity contribution in [2.45, 2.75) is 30.2 Å². The molecule has 2 rings (SSSR count). The lowest BCUT2D eigenvalue weighted by Crippen LogP contribution is -2.49. The quantitative estimate of drug-likeness (QED) is 0.817. The number of rotatable bonds is 3. The van der Waals surface area contributed by atoms with Gasteiger partial charge in [-0.05, 0) is 38.0 Å². The van der Waals surface area contributed by atoms with Crippen molar-refractivity contribution in [2.24, 2.45) is 0 Å². The van der Waals surface area contributed by atoms with Gasteiger partial charge in [-0.1, -0.05) is 15.9 Å². The van der Waals surface area contributed by atoms with Crippen molar-refractivity contribution in [3.05, 3.63) is 22.7 Å². The normalized spacial score (nSPS) is 19.3. The van der Waals surface area contributed by atoms with E-state index < -0.39 is 15.6 Å². The molecule has 1 saturated heterocycles. The van der Waals surface area contributed by atoms with E-state index in [1.165, 1.54) is 6.07 Å². The fraction of sp³-hybridized carbons (Fsp3) is 0.500. The summed E-state index contributed by atoms with van der Waals surface area (Å²) in [5.41, 5.74) is 5.52. The van der Waals surface area contributed by atoms with Crippen molar-refractivity contribution >= 4 is 31.6 Å². The van der Waals surface area contributed by atoms with Gasteiger partial charge in [0.1, 0.15) is 4.90 Å². The Bertz CT molecular complexity index is 568. The van der Waals surface area contributed by atoms with Crippen molar-refractivity contribution in [3.63, 3.8) is 0 Å². The number of halogens is 1. The maximum Gasteiger partial charge on any atom is 0.243 e. The fourth-order valence-electron chi connectivity index (χ4n) is 2.04. The molecule has 5 nitrogen and oxygen atoms in total. The Labute approximate surface area is 121 Å². The molecule has 19 heavy (non-hydrogen) atoms. The van der Waals surface area contributed by atoms with Crippen LogP contribution in [0, 0.1) is 0 Å². The molecule has 3 N–H and O–H groups in total. The summed E-state index contributed by atoms with van der Waals surface area (Å²) in [6, 6.07) is 4.80. The van der Waals surface area contributed by atoms with Crippen LogP contribution in [0.3, 0.4) is 0 Å². The molecule has 1 fully saturated rings. The standard InChI is InChI=1S/C12H17BrN2O3S/c1-12(4-6-18-7-5-12)15-19(16,17)11-8-9(13)2-3-10(11)14/h2-3,8,15H,4-7,14H2,1H3. The number of hydrogen-bond acceptors (Lipinski definition) is 4. The fourth-order valence-corrected chi connectivity index (χ4v) is 4.18. The highest BCUT2D eigenvalue weighted by molar-refractivity contribution is 9.10. The number of nitrogen functional groups attached to an aromatic ring is 1. The van der Waals surface area contributed by atoms with Gasteiger partial charge in [-0.25, -0.2) is 13.1 Å². The molecule has 1 aliphatic rings. The summed E-state index contributed by atoms with van der Waals surface area (Å²) >= 11 is 3.26. The first-order valence-electron chi connectivity index (χ1n) is 5.99. The van der Waals surface area contributed by atoms with Gasteiger partial charge in [-0.2, -0.15) is 0 Å². The summed E-state index contributed by atoms with van der Waals surface area (Å²) in [7, 11) is -3.63. The van der Waals surface area contributed by atoms with Crippen LogP contribution >= 0.6 is 15.9 Å². The molecule has 0 unspecified atom stereocenters. The smallest absolute Gasteiger partial charge is 0.243 e. The first kappa shape index (κ1) is 14.8. The summed E-state index contributed by atoms with van der Waals surface area (Å²) in [6.07, 6.45) is 1.31. The Hall–Kier alpha value is -0.630. The van der Waals surface area contributed by atoms with Gasteiger partial charge in [-0.3, -0.25) is 0 Å². The Balaban J connectivity index is 2.29. The van der Waals surface area contributed by atoms with Crippen molar-refractivity contribution in [3.8, 4) is 0 Å². The molecular weight excluding hydrogens is 332 g/mol. The van der Waals surface area contributed by atoms with Gasteiger partial charge in [0.05, 0.1) is 5.69 Å². The molecule has 1 aromatic carbocycles.